The van der Waals surface area contributed by atoms with Crippen molar-refractivity contribution < 1.29 is 32.6 Å². The van der Waals surface area contributed by atoms with Crippen molar-refractivity contribution in [3.05, 3.63) is 35.9 Å². The molecule has 1 aromatic carbocycles. The highest BCUT2D eigenvalue weighted by atomic mass is 19.4. The molecule has 1 heterocycles. The minimum absolute atomic E-state index is 0.0296. The lowest BCUT2D eigenvalue weighted by molar-refractivity contribution is -0.158. The number of alkyl halides is 3. The Kier molecular flexibility index (Phi) is 6.41. The fourth-order valence-electron chi connectivity index (χ4n) is 2.94. The van der Waals surface area contributed by atoms with E-state index in [1.165, 1.54) is 24.3 Å². The number of hydrogen-bond donors (Lipinski definition) is 2. The number of ether oxygens (including phenoxy) is 1. The van der Waals surface area contributed by atoms with Crippen LogP contribution in [0.3, 0.4) is 0 Å². The van der Waals surface area contributed by atoms with Crippen LogP contribution in [0.2, 0.25) is 0 Å². The van der Waals surface area contributed by atoms with Gasteiger partial charge in [0.25, 0.3) is 0 Å². The highest BCUT2D eigenvalue weighted by Gasteiger charge is 2.42. The van der Waals surface area contributed by atoms with E-state index in [0.717, 1.165) is 0 Å². The van der Waals surface area contributed by atoms with E-state index in [1.807, 2.05) is 0 Å². The van der Waals surface area contributed by atoms with Crippen molar-refractivity contribution in [3.63, 3.8) is 0 Å². The number of carboxylic acid groups (broad SMARTS) is 1. The molecule has 1 aliphatic heterocycles. The maximum Gasteiger partial charge on any atom is 0.396 e. The second-order valence-corrected chi connectivity index (χ2v) is 6.07. The summed E-state index contributed by atoms with van der Waals surface area (Å²) in [6, 6.07) is 5.86. The van der Waals surface area contributed by atoms with E-state index < -0.39 is 42.4 Å². The molecule has 8 heteroatoms. The Bertz CT molecular complexity index is 585. The summed E-state index contributed by atoms with van der Waals surface area (Å²) >= 11 is 0. The molecule has 3 unspecified atom stereocenters. The first-order valence-electron chi connectivity index (χ1n) is 8.00. The van der Waals surface area contributed by atoms with Gasteiger partial charge in [0.1, 0.15) is 6.04 Å². The SMILES string of the molecule is O=C(CC(c1ccccc1)C(F)(F)F)NC(C(=O)O)C1CCCOC1. The van der Waals surface area contributed by atoms with E-state index in [4.69, 9.17) is 4.74 Å². The summed E-state index contributed by atoms with van der Waals surface area (Å²) in [5, 5.41) is 11.5. The van der Waals surface area contributed by atoms with Gasteiger partial charge in [0.15, 0.2) is 0 Å². The molecule has 0 spiro atoms. The molecule has 1 amide bonds. The molecule has 138 valence electrons. The third kappa shape index (κ3) is 5.45. The van der Waals surface area contributed by atoms with Crippen molar-refractivity contribution in [3.8, 4) is 0 Å². The maximum atomic E-state index is 13.3. The molecule has 1 aromatic rings. The van der Waals surface area contributed by atoms with Crippen LogP contribution in [0.5, 0.6) is 0 Å². The number of benzene rings is 1. The third-order valence-corrected chi connectivity index (χ3v) is 4.24. The van der Waals surface area contributed by atoms with Crippen LogP contribution in [0.25, 0.3) is 0 Å². The zero-order valence-electron chi connectivity index (χ0n) is 13.5. The molecule has 25 heavy (non-hydrogen) atoms. The average Bonchev–Trinajstić information content (AvgIpc) is 2.58. The van der Waals surface area contributed by atoms with Crippen molar-refractivity contribution in [2.75, 3.05) is 13.2 Å². The van der Waals surface area contributed by atoms with Crippen LogP contribution in [0.4, 0.5) is 13.2 Å². The van der Waals surface area contributed by atoms with Gasteiger partial charge in [-0.2, -0.15) is 13.2 Å². The first kappa shape index (κ1) is 19.2. The number of hydrogen-bond acceptors (Lipinski definition) is 3. The van der Waals surface area contributed by atoms with Crippen LogP contribution in [0.15, 0.2) is 30.3 Å². The highest BCUT2D eigenvalue weighted by Crippen LogP contribution is 2.37. The molecule has 2 rings (SSSR count). The minimum atomic E-state index is -4.61. The largest absolute Gasteiger partial charge is 0.480 e. The molecule has 1 saturated heterocycles. The summed E-state index contributed by atoms with van der Waals surface area (Å²) in [5.74, 6) is -4.64. The number of halogens is 3. The molecule has 0 bridgehead atoms. The number of carbonyl (C=O) groups is 2. The highest BCUT2D eigenvalue weighted by molar-refractivity contribution is 5.84. The van der Waals surface area contributed by atoms with Gasteiger partial charge in [0.05, 0.1) is 12.5 Å². The molecular weight excluding hydrogens is 339 g/mol. The van der Waals surface area contributed by atoms with E-state index >= 15 is 0 Å². The molecule has 0 aromatic heterocycles. The second kappa shape index (κ2) is 8.33. The molecule has 0 saturated carbocycles. The quantitative estimate of drug-likeness (QED) is 0.819. The lowest BCUT2D eigenvalue weighted by Crippen LogP contribution is -2.49. The normalized spacial score (nSPS) is 20.5. The minimum Gasteiger partial charge on any atom is -0.480 e. The van der Waals surface area contributed by atoms with E-state index in [2.05, 4.69) is 5.32 Å². The Hall–Kier alpha value is -2.09. The predicted molar refractivity (Wildman–Crippen MR) is 83.0 cm³/mol. The summed E-state index contributed by atoms with van der Waals surface area (Å²) in [5.41, 5.74) is -0.0296. The molecule has 2 N–H and O–H groups in total. The Labute approximate surface area is 143 Å². The Morgan fingerprint density at radius 1 is 1.28 bits per heavy atom. The third-order valence-electron chi connectivity index (χ3n) is 4.24. The first-order valence-corrected chi connectivity index (χ1v) is 8.00. The number of nitrogens with one attached hydrogen (secondary N) is 1. The van der Waals surface area contributed by atoms with Crippen molar-refractivity contribution in [1.82, 2.24) is 5.32 Å². The van der Waals surface area contributed by atoms with Crippen LogP contribution in [0.1, 0.15) is 30.7 Å². The van der Waals surface area contributed by atoms with Gasteiger partial charge in [-0.1, -0.05) is 30.3 Å². The van der Waals surface area contributed by atoms with Crippen LogP contribution in [0, 0.1) is 5.92 Å². The van der Waals surface area contributed by atoms with Gasteiger partial charge in [-0.25, -0.2) is 4.79 Å². The number of carbonyl (C=O) groups excluding carboxylic acids is 1. The topological polar surface area (TPSA) is 75.6 Å². The number of aliphatic carboxylic acids is 1. The van der Waals surface area contributed by atoms with E-state index in [9.17, 15) is 27.9 Å². The Balaban J connectivity index is 2.08. The van der Waals surface area contributed by atoms with Crippen molar-refractivity contribution >= 4 is 11.9 Å². The zero-order chi connectivity index (χ0) is 18.4. The van der Waals surface area contributed by atoms with E-state index in [1.54, 1.807) is 6.07 Å². The second-order valence-electron chi connectivity index (χ2n) is 6.07. The summed E-state index contributed by atoms with van der Waals surface area (Å²) in [6.45, 7) is 0.680. The van der Waals surface area contributed by atoms with Crippen LogP contribution in [-0.2, 0) is 14.3 Å². The van der Waals surface area contributed by atoms with Crippen molar-refractivity contribution in [1.29, 1.82) is 0 Å². The Morgan fingerprint density at radius 3 is 2.48 bits per heavy atom. The van der Waals surface area contributed by atoms with Gasteiger partial charge in [-0.05, 0) is 18.4 Å². The average molecular weight is 359 g/mol. The van der Waals surface area contributed by atoms with Gasteiger partial charge >= 0.3 is 12.1 Å². The van der Waals surface area contributed by atoms with Crippen LogP contribution in [-0.4, -0.2) is 42.4 Å². The summed E-state index contributed by atoms with van der Waals surface area (Å²) in [6.07, 6.45) is -4.27. The number of rotatable bonds is 6. The van der Waals surface area contributed by atoms with Gasteiger partial charge in [0.2, 0.25) is 5.91 Å². The van der Waals surface area contributed by atoms with Crippen molar-refractivity contribution in [2.45, 2.75) is 37.4 Å². The lowest BCUT2D eigenvalue weighted by Gasteiger charge is -2.29. The fraction of sp³-hybridized carbons (Fsp3) is 0.529. The molecular formula is C17H20F3NO4. The smallest absolute Gasteiger partial charge is 0.396 e. The molecule has 5 nitrogen and oxygen atoms in total. The molecule has 1 aliphatic rings. The molecule has 1 fully saturated rings. The van der Waals surface area contributed by atoms with Gasteiger partial charge < -0.3 is 15.2 Å². The number of amides is 1. The van der Waals surface area contributed by atoms with Crippen LogP contribution >= 0.6 is 0 Å². The predicted octanol–water partition coefficient (Wildman–Crippen LogP) is 2.72. The van der Waals surface area contributed by atoms with Gasteiger partial charge in [-0.15, -0.1) is 0 Å². The molecule has 0 radical (unpaired) electrons. The van der Waals surface area contributed by atoms with E-state index in [0.29, 0.717) is 19.4 Å². The summed E-state index contributed by atoms with van der Waals surface area (Å²) in [7, 11) is 0. The molecule has 0 aliphatic carbocycles. The molecule has 3 atom stereocenters. The van der Waals surface area contributed by atoms with Gasteiger partial charge in [-0.3, -0.25) is 4.79 Å². The lowest BCUT2D eigenvalue weighted by atomic mass is 9.92. The summed E-state index contributed by atoms with van der Waals surface area (Å²) in [4.78, 5) is 23.5. The van der Waals surface area contributed by atoms with Crippen molar-refractivity contribution in [2.24, 2.45) is 5.92 Å². The Morgan fingerprint density at radius 2 is 1.96 bits per heavy atom. The first-order chi connectivity index (χ1) is 11.8. The zero-order valence-corrected chi connectivity index (χ0v) is 13.5. The van der Waals surface area contributed by atoms with E-state index in [-0.39, 0.29) is 12.2 Å². The fourth-order valence-corrected chi connectivity index (χ4v) is 2.94. The van der Waals surface area contributed by atoms with Crippen LogP contribution < -0.4 is 5.32 Å². The maximum absolute atomic E-state index is 13.3. The van der Waals surface area contributed by atoms with Gasteiger partial charge in [0, 0.05) is 18.9 Å². The standard InChI is InChI=1S/C17H20F3NO4/c18-17(19,20)13(11-5-2-1-3-6-11)9-14(22)21-15(16(23)24)12-7-4-8-25-10-12/h1-3,5-6,12-13,15H,4,7-10H2,(H,21,22)(H,23,24). The monoisotopic (exact) mass is 359 g/mol. The number of carboxylic acids is 1. The summed E-state index contributed by atoms with van der Waals surface area (Å²) < 4.78 is 45.1.